The molecule has 0 bridgehead atoms. The van der Waals surface area contributed by atoms with E-state index in [1.54, 1.807) is 74.7 Å². The van der Waals surface area contributed by atoms with Gasteiger partial charge in [-0.3, -0.25) is 18.5 Å². The highest BCUT2D eigenvalue weighted by atomic mass is 32.2. The molecule has 0 saturated heterocycles. The number of hydrogen-bond donors (Lipinski definition) is 3. The number of nitrogens with zero attached hydrogens (tertiary/aromatic N) is 8. The van der Waals surface area contributed by atoms with E-state index in [1.165, 1.54) is 35.1 Å². The van der Waals surface area contributed by atoms with Gasteiger partial charge in [-0.05, 0) is 76.5 Å². The summed E-state index contributed by atoms with van der Waals surface area (Å²) in [5.41, 5.74) is 4.49. The topological polar surface area (TPSA) is 242 Å². The average Bonchev–Trinajstić information content (AvgIpc) is 4.11. The molecule has 0 spiro atoms. The Bertz CT molecular complexity index is 4110. The molecule has 22 heteroatoms. The zero-order valence-corrected chi connectivity index (χ0v) is 34.1. The summed E-state index contributed by atoms with van der Waals surface area (Å²) in [7, 11) is -14.0. The van der Waals surface area contributed by atoms with Crippen LogP contribution in [0.2, 0.25) is 0 Å². The normalized spacial score (nSPS) is 13.3. The standard InChI is InChI=1S/C41H26N8O11S3/c50-23-60-37-22-36(47-46-35-18-11-27-19-30(61(51,52)53)15-16-32(27)41(35)49(46)47)39(63(57,58)59)21-33(37)43-42-28-12-6-24(7-13-28)5-8-26-9-14-29(20-38(26)62(54,55)56)44-45-34-17-10-25-3-1-2-4-31(25)40(34)48(44)45/h1-23H,(H,51,52,53)(H,54,55,56)(H,57,58,59). The summed E-state index contributed by atoms with van der Waals surface area (Å²) in [4.78, 5) is 13.6. The van der Waals surface area contributed by atoms with Gasteiger partial charge in [-0.25, -0.2) is 0 Å². The summed E-state index contributed by atoms with van der Waals surface area (Å²) in [6.07, 6.45) is 3.18. The van der Waals surface area contributed by atoms with E-state index in [4.69, 9.17) is 4.74 Å². The van der Waals surface area contributed by atoms with Gasteiger partial charge in [0.15, 0.2) is 5.75 Å². The van der Waals surface area contributed by atoms with Crippen LogP contribution >= 0.6 is 0 Å². The van der Waals surface area contributed by atoms with Crippen LogP contribution in [-0.2, 0) is 35.1 Å². The smallest absolute Gasteiger partial charge is 0.298 e. The molecule has 3 N–H and O–H groups in total. The Morgan fingerprint density at radius 2 is 1.22 bits per heavy atom. The van der Waals surface area contributed by atoms with Crippen LogP contribution in [0, 0.1) is 0 Å². The van der Waals surface area contributed by atoms with E-state index in [9.17, 15) is 43.7 Å². The molecule has 0 aliphatic heterocycles. The van der Waals surface area contributed by atoms with E-state index in [2.05, 4.69) is 10.2 Å². The van der Waals surface area contributed by atoms with Gasteiger partial charge in [-0.1, -0.05) is 72.8 Å². The summed E-state index contributed by atoms with van der Waals surface area (Å²) in [5.74, 6) is -0.199. The van der Waals surface area contributed by atoms with E-state index in [-0.39, 0.29) is 44.6 Å². The average molecular weight is 903 g/mol. The summed E-state index contributed by atoms with van der Waals surface area (Å²) < 4.78 is 116. The maximum atomic E-state index is 12.7. The second kappa shape index (κ2) is 13.2. The van der Waals surface area contributed by atoms with Crippen LogP contribution in [0.3, 0.4) is 0 Å². The lowest BCUT2D eigenvalue weighted by molar-refractivity contribution is -0.120. The molecule has 63 heavy (non-hydrogen) atoms. The maximum Gasteiger partial charge on any atom is 0.298 e. The molecule has 4 heterocycles. The molecule has 7 aromatic carbocycles. The first-order valence-electron chi connectivity index (χ1n) is 18.5. The molecule has 11 aromatic rings. The Labute approximate surface area is 353 Å². The highest BCUT2D eigenvalue weighted by Crippen LogP contribution is 2.40. The third kappa shape index (κ3) is 6.11. The van der Waals surface area contributed by atoms with Crippen molar-refractivity contribution < 1.29 is 48.4 Å². The van der Waals surface area contributed by atoms with Gasteiger partial charge in [0.25, 0.3) is 36.8 Å². The van der Waals surface area contributed by atoms with Gasteiger partial charge in [0, 0.05) is 16.8 Å². The van der Waals surface area contributed by atoms with Crippen LogP contribution in [0.1, 0.15) is 11.1 Å². The van der Waals surface area contributed by atoms with Crippen LogP contribution in [0.25, 0.3) is 67.1 Å². The molecule has 0 fully saturated rings. The Balaban J connectivity index is 0.873. The van der Waals surface area contributed by atoms with E-state index >= 15 is 0 Å². The minimum absolute atomic E-state index is 0.109. The van der Waals surface area contributed by atoms with Crippen molar-refractivity contribution in [3.63, 3.8) is 0 Å². The number of benzene rings is 7. The Morgan fingerprint density at radius 1 is 0.556 bits per heavy atom. The van der Waals surface area contributed by atoms with E-state index in [0.717, 1.165) is 27.9 Å². The predicted molar refractivity (Wildman–Crippen MR) is 228 cm³/mol. The van der Waals surface area contributed by atoms with Gasteiger partial charge in [0.2, 0.25) is 0 Å². The molecule has 314 valence electrons. The maximum absolute atomic E-state index is 12.7. The highest BCUT2D eigenvalue weighted by molar-refractivity contribution is 7.86. The van der Waals surface area contributed by atoms with Crippen molar-refractivity contribution >= 4 is 104 Å². The number of hydrogen-bond acceptors (Lipinski definition) is 10. The molecule has 0 atom stereocenters. The van der Waals surface area contributed by atoms with Gasteiger partial charge in [-0.2, -0.15) is 35.2 Å². The van der Waals surface area contributed by atoms with Gasteiger partial charge in [-0.15, -0.1) is 28.4 Å². The number of aromatic nitrogens is 6. The molecule has 0 unspecified atom stereocenters. The Hall–Kier alpha value is -7.60. The van der Waals surface area contributed by atoms with Crippen molar-refractivity contribution in [2.24, 2.45) is 10.2 Å². The van der Waals surface area contributed by atoms with E-state index < -0.39 is 35.2 Å². The highest BCUT2D eigenvalue weighted by Gasteiger charge is 2.32. The van der Waals surface area contributed by atoms with E-state index in [0.29, 0.717) is 33.1 Å². The monoisotopic (exact) mass is 902 g/mol. The van der Waals surface area contributed by atoms with Crippen LogP contribution < -0.4 is 4.74 Å². The predicted octanol–water partition coefficient (Wildman–Crippen LogP) is 7.32. The largest absolute Gasteiger partial charge is 0.426 e. The van der Waals surface area contributed by atoms with Gasteiger partial charge in [0.1, 0.15) is 43.2 Å². The minimum atomic E-state index is -4.92. The first-order valence-corrected chi connectivity index (χ1v) is 22.9. The van der Waals surface area contributed by atoms with E-state index in [1.807, 2.05) is 45.7 Å². The first-order chi connectivity index (χ1) is 30.1. The Kier molecular flexibility index (Phi) is 8.03. The molecule has 0 amide bonds. The second-order valence-corrected chi connectivity index (χ2v) is 18.7. The first kappa shape index (κ1) is 38.3. The summed E-state index contributed by atoms with van der Waals surface area (Å²) >= 11 is 0. The molecule has 4 aromatic heterocycles. The number of carbonyl (C=O) groups excluding carboxylic acids is 1. The number of fused-ring (bicyclic) bond motifs is 12. The minimum Gasteiger partial charge on any atom is -0.426 e. The molecular weight excluding hydrogens is 877 g/mol. The Morgan fingerprint density at radius 3 is 1.92 bits per heavy atom. The lowest BCUT2D eigenvalue weighted by Crippen LogP contribution is -2.04. The molecule has 0 aliphatic carbocycles. The molecular formula is C41H26N8O11S3. The van der Waals surface area contributed by atoms with Crippen molar-refractivity contribution in [3.05, 3.63) is 132 Å². The van der Waals surface area contributed by atoms with Crippen LogP contribution in [0.15, 0.2) is 146 Å². The van der Waals surface area contributed by atoms with Gasteiger partial charge >= 0.3 is 0 Å². The van der Waals surface area contributed by atoms with Crippen molar-refractivity contribution in [2.45, 2.75) is 14.7 Å². The fourth-order valence-corrected chi connectivity index (χ4v) is 9.77. The third-order valence-electron chi connectivity index (χ3n) is 10.8. The summed E-state index contributed by atoms with van der Waals surface area (Å²) in [6, 6.07) is 32.6. The number of carbonyl (C=O) groups is 1. The number of azo groups is 1. The van der Waals surface area contributed by atoms with Gasteiger partial charge < -0.3 is 4.74 Å². The summed E-state index contributed by atoms with van der Waals surface area (Å²) in [5, 5.41) is 11.5. The van der Waals surface area contributed by atoms with Crippen molar-refractivity contribution in [3.8, 4) is 17.1 Å². The van der Waals surface area contributed by atoms with Crippen LogP contribution in [0.5, 0.6) is 5.75 Å². The molecule has 19 nitrogen and oxygen atoms in total. The SMILES string of the molecule is O=COc1cc(-n2n3c4ccc5cc(S(=O)(=O)O)ccc5c4n23)c(S(=O)(=O)O)cc1N=Nc1ccc(C=Cc2ccc(-n3n4c5ccc6ccccc6c5n34)cc2S(=O)(=O)O)cc1. The number of ether oxygens (including phenoxy) is 1. The van der Waals surface area contributed by atoms with Gasteiger partial charge in [0.05, 0.1) is 16.3 Å². The third-order valence-corrected chi connectivity index (χ3v) is 13.4. The summed E-state index contributed by atoms with van der Waals surface area (Å²) in [6.45, 7) is 0.115. The second-order valence-electron chi connectivity index (χ2n) is 14.5. The van der Waals surface area contributed by atoms with Crippen LogP contribution in [0.4, 0.5) is 11.4 Å². The van der Waals surface area contributed by atoms with Crippen molar-refractivity contribution in [1.82, 2.24) is 28.1 Å². The fraction of sp³-hybridized carbons (Fsp3) is 0. The zero-order chi connectivity index (χ0) is 43.7. The lowest BCUT2D eigenvalue weighted by Gasteiger charge is -2.08. The van der Waals surface area contributed by atoms with Crippen LogP contribution in [-0.4, -0.2) is 73.5 Å². The lowest BCUT2D eigenvalue weighted by atomic mass is 10.1. The zero-order valence-electron chi connectivity index (χ0n) is 31.7. The molecule has 0 radical (unpaired) electrons. The van der Waals surface area contributed by atoms with Crippen molar-refractivity contribution in [1.29, 1.82) is 0 Å². The fourth-order valence-electron chi connectivity index (χ4n) is 7.89. The quantitative estimate of drug-likeness (QED) is 0.0503. The van der Waals surface area contributed by atoms with Crippen molar-refractivity contribution in [2.75, 3.05) is 0 Å². The molecule has 11 rings (SSSR count). The molecule has 0 aliphatic rings. The number of rotatable bonds is 11. The molecule has 0 saturated carbocycles.